The van der Waals surface area contributed by atoms with Gasteiger partial charge in [-0.25, -0.2) is 16.8 Å². The molecule has 1 N–H and O–H groups in total. The lowest BCUT2D eigenvalue weighted by Crippen LogP contribution is -2.48. The van der Waals surface area contributed by atoms with Gasteiger partial charge in [0, 0.05) is 25.7 Å². The van der Waals surface area contributed by atoms with Crippen molar-refractivity contribution in [2.24, 2.45) is 0 Å². The van der Waals surface area contributed by atoms with E-state index in [2.05, 4.69) is 10.2 Å². The van der Waals surface area contributed by atoms with Crippen LogP contribution in [0.5, 0.6) is 0 Å². The molecular formula is C18H23ClN2O6S3. The molecule has 2 aliphatic rings. The molecule has 0 saturated carbocycles. The first-order valence-electron chi connectivity index (χ1n) is 9.54. The predicted molar refractivity (Wildman–Crippen MR) is 115 cm³/mol. The third kappa shape index (κ3) is 4.77. The van der Waals surface area contributed by atoms with Crippen LogP contribution < -0.4 is 5.32 Å². The van der Waals surface area contributed by atoms with Crippen LogP contribution in [0.4, 0.5) is 0 Å². The van der Waals surface area contributed by atoms with Crippen molar-refractivity contribution in [1.82, 2.24) is 10.2 Å². The molecule has 12 heteroatoms. The van der Waals surface area contributed by atoms with Gasteiger partial charge in [0.15, 0.2) is 19.7 Å². The van der Waals surface area contributed by atoms with Crippen molar-refractivity contribution in [3.63, 3.8) is 0 Å². The monoisotopic (exact) mass is 494 g/mol. The molecule has 166 valence electrons. The van der Waals surface area contributed by atoms with Gasteiger partial charge in [-0.1, -0.05) is 11.6 Å². The summed E-state index contributed by atoms with van der Waals surface area (Å²) in [4.78, 5) is 2.20. The summed E-state index contributed by atoms with van der Waals surface area (Å²) in [7, 11) is -7.31. The second-order valence-electron chi connectivity index (χ2n) is 7.41. The Labute approximate surface area is 185 Å². The largest absolute Gasteiger partial charge is 0.468 e. The summed E-state index contributed by atoms with van der Waals surface area (Å²) in [5, 5.41) is 2.17. The maximum absolute atomic E-state index is 13.1. The van der Waals surface area contributed by atoms with Crippen LogP contribution >= 0.6 is 22.9 Å². The van der Waals surface area contributed by atoms with Crippen molar-refractivity contribution >= 4 is 42.6 Å². The van der Waals surface area contributed by atoms with Gasteiger partial charge in [0.05, 0.1) is 46.6 Å². The predicted octanol–water partition coefficient (Wildman–Crippen LogP) is 1.60. The van der Waals surface area contributed by atoms with Crippen LogP contribution in [0.2, 0.25) is 4.34 Å². The van der Waals surface area contributed by atoms with Gasteiger partial charge in [0.2, 0.25) is 0 Å². The smallest absolute Gasteiger partial charge is 0.193 e. The normalized spacial score (nSPS) is 26.0. The number of thiophene rings is 1. The van der Waals surface area contributed by atoms with Gasteiger partial charge in [0.1, 0.15) is 9.97 Å². The quantitative estimate of drug-likeness (QED) is 0.618. The molecule has 2 saturated heterocycles. The van der Waals surface area contributed by atoms with Crippen molar-refractivity contribution in [2.45, 2.75) is 21.5 Å². The molecule has 8 nitrogen and oxygen atoms in total. The zero-order valence-electron chi connectivity index (χ0n) is 16.1. The van der Waals surface area contributed by atoms with Crippen LogP contribution in [0.1, 0.15) is 11.8 Å². The van der Waals surface area contributed by atoms with E-state index in [9.17, 15) is 16.8 Å². The molecule has 1 unspecified atom stereocenters. The number of nitrogens with one attached hydrogen (secondary N) is 1. The SMILES string of the molecule is O=S1(=O)C[C@H](NCC(c2ccco2)N2CCOCC2)[C@@H](S(=O)(=O)c2ccc(Cl)s2)C1. The average molecular weight is 495 g/mol. The Morgan fingerprint density at radius 1 is 1.23 bits per heavy atom. The average Bonchev–Trinajstić information content (AvgIpc) is 3.44. The van der Waals surface area contributed by atoms with Crippen LogP contribution in [0.25, 0.3) is 0 Å². The van der Waals surface area contributed by atoms with Gasteiger partial charge in [-0.05, 0) is 24.3 Å². The van der Waals surface area contributed by atoms with Crippen molar-refractivity contribution in [2.75, 3.05) is 44.4 Å². The summed E-state index contributed by atoms with van der Waals surface area (Å²) in [5.41, 5.74) is 0. The van der Waals surface area contributed by atoms with Crippen LogP contribution in [0, 0.1) is 0 Å². The van der Waals surface area contributed by atoms with Gasteiger partial charge in [-0.3, -0.25) is 4.90 Å². The fraction of sp³-hybridized carbons (Fsp3) is 0.556. The molecule has 4 heterocycles. The fourth-order valence-electron chi connectivity index (χ4n) is 3.95. The molecule has 4 rings (SSSR count). The molecule has 2 aromatic rings. The Morgan fingerprint density at radius 3 is 2.63 bits per heavy atom. The lowest BCUT2D eigenvalue weighted by Gasteiger charge is -2.34. The first-order chi connectivity index (χ1) is 14.3. The Balaban J connectivity index is 1.55. The minimum absolute atomic E-state index is 0.0946. The Kier molecular flexibility index (Phi) is 6.59. The number of sulfone groups is 2. The number of furan rings is 1. The second kappa shape index (κ2) is 8.89. The van der Waals surface area contributed by atoms with E-state index >= 15 is 0 Å². The van der Waals surface area contributed by atoms with Gasteiger partial charge in [-0.15, -0.1) is 11.3 Å². The highest BCUT2D eigenvalue weighted by Gasteiger charge is 2.46. The third-order valence-electron chi connectivity index (χ3n) is 5.46. The van der Waals surface area contributed by atoms with Gasteiger partial charge in [-0.2, -0.15) is 0 Å². The van der Waals surface area contributed by atoms with E-state index in [1.54, 1.807) is 12.3 Å². The molecule has 3 atom stereocenters. The minimum atomic E-state index is -3.83. The Bertz CT molecular complexity index is 1060. The lowest BCUT2D eigenvalue weighted by molar-refractivity contribution is 0.0113. The van der Waals surface area contributed by atoms with Gasteiger partial charge >= 0.3 is 0 Å². The summed E-state index contributed by atoms with van der Waals surface area (Å²) in [6, 6.07) is 5.76. The van der Waals surface area contributed by atoms with Crippen LogP contribution in [0.15, 0.2) is 39.2 Å². The van der Waals surface area contributed by atoms with E-state index in [0.717, 1.165) is 17.1 Å². The van der Waals surface area contributed by atoms with Crippen LogP contribution in [0.3, 0.4) is 0 Å². The highest BCUT2D eigenvalue weighted by molar-refractivity contribution is 7.97. The first kappa shape index (κ1) is 22.3. The van der Waals surface area contributed by atoms with Crippen molar-refractivity contribution < 1.29 is 26.0 Å². The second-order valence-corrected chi connectivity index (χ2v) is 13.7. The van der Waals surface area contributed by atoms with Gasteiger partial charge in [0.25, 0.3) is 0 Å². The fourth-order valence-corrected chi connectivity index (χ4v) is 10.4. The molecule has 30 heavy (non-hydrogen) atoms. The van der Waals surface area contributed by atoms with Crippen molar-refractivity contribution in [1.29, 1.82) is 0 Å². The molecule has 0 spiro atoms. The summed E-state index contributed by atoms with van der Waals surface area (Å²) < 4.78 is 62.4. The summed E-state index contributed by atoms with van der Waals surface area (Å²) in [5.74, 6) is 0.129. The Morgan fingerprint density at radius 2 is 2.00 bits per heavy atom. The van der Waals surface area contributed by atoms with Crippen LogP contribution in [-0.4, -0.2) is 77.4 Å². The van der Waals surface area contributed by atoms with E-state index in [4.69, 9.17) is 20.8 Å². The van der Waals surface area contributed by atoms with Crippen LogP contribution in [-0.2, 0) is 24.4 Å². The molecule has 0 aliphatic carbocycles. The van der Waals surface area contributed by atoms with E-state index in [1.165, 1.54) is 12.1 Å². The van der Waals surface area contributed by atoms with E-state index in [1.807, 2.05) is 6.07 Å². The maximum atomic E-state index is 13.1. The molecule has 0 radical (unpaired) electrons. The summed E-state index contributed by atoms with van der Waals surface area (Å²) in [6.45, 7) is 3.00. The van der Waals surface area contributed by atoms with Crippen molar-refractivity contribution in [3.05, 3.63) is 40.6 Å². The lowest BCUT2D eigenvalue weighted by atomic mass is 10.1. The third-order valence-corrected chi connectivity index (χ3v) is 11.4. The topological polar surface area (TPSA) is 106 Å². The van der Waals surface area contributed by atoms with E-state index in [0.29, 0.717) is 37.2 Å². The first-order valence-corrected chi connectivity index (χ1v) is 14.1. The minimum Gasteiger partial charge on any atom is -0.468 e. The number of hydrogen-bond donors (Lipinski definition) is 1. The standard InChI is InChI=1S/C18H23ClN2O6S3/c19-17-3-4-18(28-17)30(24,25)16-12-29(22,23)11-13(16)20-10-14(15-2-1-7-27-15)21-5-8-26-9-6-21/h1-4,7,13-14,16,20H,5-6,8-12H2/t13-,14?,16-/m0/s1. The zero-order valence-corrected chi connectivity index (χ0v) is 19.3. The summed E-state index contributed by atoms with van der Waals surface area (Å²) in [6.07, 6.45) is 1.59. The van der Waals surface area contributed by atoms with E-state index < -0.39 is 36.7 Å². The molecule has 0 amide bonds. The molecule has 0 aromatic carbocycles. The van der Waals surface area contributed by atoms with Crippen molar-refractivity contribution in [3.8, 4) is 0 Å². The Hall–Kier alpha value is -0.950. The molecule has 0 bridgehead atoms. The maximum Gasteiger partial charge on any atom is 0.193 e. The van der Waals surface area contributed by atoms with Gasteiger partial charge < -0.3 is 14.5 Å². The number of morpholine rings is 1. The number of hydrogen-bond acceptors (Lipinski definition) is 9. The number of nitrogens with zero attached hydrogens (tertiary/aromatic N) is 1. The molecule has 2 fully saturated rings. The highest BCUT2D eigenvalue weighted by atomic mass is 35.5. The zero-order chi connectivity index (χ0) is 21.4. The molecule has 2 aliphatic heterocycles. The highest BCUT2D eigenvalue weighted by Crippen LogP contribution is 2.33. The number of halogens is 1. The number of ether oxygens (including phenoxy) is 1. The molecular weight excluding hydrogens is 472 g/mol. The summed E-state index contributed by atoms with van der Waals surface area (Å²) >= 11 is 6.85. The van der Waals surface area contributed by atoms with E-state index in [-0.39, 0.29) is 16.0 Å². The number of rotatable bonds is 7. The molecule has 2 aromatic heterocycles.